The van der Waals surface area contributed by atoms with Crippen LogP contribution in [0.25, 0.3) is 0 Å². The first-order chi connectivity index (χ1) is 9.24. The molecule has 0 aromatic heterocycles. The van der Waals surface area contributed by atoms with E-state index in [1.54, 1.807) is 12.1 Å². The molecule has 0 bridgehead atoms. The van der Waals surface area contributed by atoms with Gasteiger partial charge in [0.15, 0.2) is 0 Å². The van der Waals surface area contributed by atoms with Gasteiger partial charge in [-0.3, -0.25) is 4.79 Å². The van der Waals surface area contributed by atoms with Gasteiger partial charge in [-0.25, -0.2) is 0 Å². The molecule has 0 saturated carbocycles. The van der Waals surface area contributed by atoms with Crippen molar-refractivity contribution in [2.75, 3.05) is 26.4 Å². The first-order valence-electron chi connectivity index (χ1n) is 5.91. The highest BCUT2D eigenvalue weighted by molar-refractivity contribution is 6.32. The van der Waals surface area contributed by atoms with Crippen molar-refractivity contribution in [3.63, 3.8) is 0 Å². The van der Waals surface area contributed by atoms with Crippen LogP contribution in [0.3, 0.4) is 0 Å². The second-order valence-electron chi connectivity index (χ2n) is 3.49. The van der Waals surface area contributed by atoms with Crippen LogP contribution in [0.2, 0.25) is 5.02 Å². The molecule has 0 radical (unpaired) electrons. The molecule has 0 aliphatic heterocycles. The Balaban J connectivity index is 2.18. The lowest BCUT2D eigenvalue weighted by Gasteiger charge is -2.03. The SMILES string of the molecule is CCOCC(=O)NCC#CCOc1ccccc1Cl. The molecule has 0 heterocycles. The number of carbonyl (C=O) groups excluding carboxylic acids is 1. The average molecular weight is 282 g/mol. The summed E-state index contributed by atoms with van der Waals surface area (Å²) < 4.78 is 10.3. The third kappa shape index (κ3) is 6.70. The Morgan fingerprint density at radius 2 is 2.16 bits per heavy atom. The molecule has 5 heteroatoms. The van der Waals surface area contributed by atoms with E-state index in [1.807, 2.05) is 19.1 Å². The Morgan fingerprint density at radius 3 is 2.89 bits per heavy atom. The third-order valence-electron chi connectivity index (χ3n) is 2.07. The molecule has 0 unspecified atom stereocenters. The second kappa shape index (κ2) is 9.26. The zero-order chi connectivity index (χ0) is 13.9. The van der Waals surface area contributed by atoms with Gasteiger partial charge >= 0.3 is 0 Å². The number of hydrogen-bond acceptors (Lipinski definition) is 3. The summed E-state index contributed by atoms with van der Waals surface area (Å²) in [5.41, 5.74) is 0. The lowest BCUT2D eigenvalue weighted by Crippen LogP contribution is -2.27. The summed E-state index contributed by atoms with van der Waals surface area (Å²) in [6.45, 7) is 2.92. The molecule has 0 spiro atoms. The van der Waals surface area contributed by atoms with Gasteiger partial charge in [0.25, 0.3) is 0 Å². The minimum atomic E-state index is -0.178. The Morgan fingerprint density at radius 1 is 1.37 bits per heavy atom. The molecule has 1 aromatic carbocycles. The van der Waals surface area contributed by atoms with Crippen molar-refractivity contribution < 1.29 is 14.3 Å². The van der Waals surface area contributed by atoms with Gasteiger partial charge in [0.05, 0.1) is 11.6 Å². The molecule has 19 heavy (non-hydrogen) atoms. The fourth-order valence-electron chi connectivity index (χ4n) is 1.18. The summed E-state index contributed by atoms with van der Waals surface area (Å²) in [7, 11) is 0. The van der Waals surface area contributed by atoms with E-state index in [0.29, 0.717) is 17.4 Å². The van der Waals surface area contributed by atoms with Crippen LogP contribution in [0.4, 0.5) is 0 Å². The lowest BCUT2D eigenvalue weighted by atomic mass is 10.3. The number of rotatable bonds is 6. The fraction of sp³-hybridized carbons (Fsp3) is 0.357. The molecule has 0 fully saturated rings. The van der Waals surface area contributed by atoms with Gasteiger partial charge in [0.1, 0.15) is 19.0 Å². The molecule has 0 aliphatic carbocycles. The van der Waals surface area contributed by atoms with Crippen molar-refractivity contribution >= 4 is 17.5 Å². The molecule has 1 aromatic rings. The van der Waals surface area contributed by atoms with Crippen molar-refractivity contribution in [2.45, 2.75) is 6.92 Å². The van der Waals surface area contributed by atoms with Crippen LogP contribution in [0.1, 0.15) is 6.92 Å². The molecule has 1 rings (SSSR count). The van der Waals surface area contributed by atoms with Crippen LogP contribution in [0, 0.1) is 11.8 Å². The fourth-order valence-corrected chi connectivity index (χ4v) is 1.37. The number of carbonyl (C=O) groups is 1. The Hall–Kier alpha value is -1.70. The minimum Gasteiger partial charge on any atom is -0.479 e. The van der Waals surface area contributed by atoms with Gasteiger partial charge in [-0.2, -0.15) is 0 Å². The van der Waals surface area contributed by atoms with E-state index < -0.39 is 0 Å². The molecular weight excluding hydrogens is 266 g/mol. The number of halogens is 1. The van der Waals surface area contributed by atoms with Crippen molar-refractivity contribution in [3.8, 4) is 17.6 Å². The molecule has 0 saturated heterocycles. The summed E-state index contributed by atoms with van der Waals surface area (Å²) in [5, 5.41) is 3.16. The van der Waals surface area contributed by atoms with Crippen molar-refractivity contribution in [3.05, 3.63) is 29.3 Å². The number of ether oxygens (including phenoxy) is 2. The van der Waals surface area contributed by atoms with Gasteiger partial charge < -0.3 is 14.8 Å². The zero-order valence-corrected chi connectivity index (χ0v) is 11.5. The van der Waals surface area contributed by atoms with E-state index in [1.165, 1.54) is 0 Å². The standard InChI is InChI=1S/C14H16ClNO3/c1-2-18-11-14(17)16-9-5-6-10-19-13-8-4-3-7-12(13)15/h3-4,7-8H,2,9-11H2,1H3,(H,16,17). The van der Waals surface area contributed by atoms with E-state index >= 15 is 0 Å². The maximum atomic E-state index is 11.1. The molecule has 0 atom stereocenters. The van der Waals surface area contributed by atoms with Crippen molar-refractivity contribution in [1.82, 2.24) is 5.32 Å². The van der Waals surface area contributed by atoms with Crippen LogP contribution < -0.4 is 10.1 Å². The Kier molecular flexibility index (Phi) is 7.48. The van der Waals surface area contributed by atoms with Gasteiger partial charge in [-0.15, -0.1) is 0 Å². The second-order valence-corrected chi connectivity index (χ2v) is 3.89. The van der Waals surface area contributed by atoms with E-state index in [9.17, 15) is 4.79 Å². The normalized spacial score (nSPS) is 9.37. The van der Waals surface area contributed by atoms with Crippen LogP contribution in [-0.2, 0) is 9.53 Å². The highest BCUT2D eigenvalue weighted by Gasteiger charge is 1.98. The monoisotopic (exact) mass is 281 g/mol. The maximum absolute atomic E-state index is 11.1. The molecule has 4 nitrogen and oxygen atoms in total. The van der Waals surface area contributed by atoms with Crippen molar-refractivity contribution in [2.24, 2.45) is 0 Å². The first-order valence-corrected chi connectivity index (χ1v) is 6.29. The highest BCUT2D eigenvalue weighted by atomic mass is 35.5. The summed E-state index contributed by atoms with van der Waals surface area (Å²) in [6.07, 6.45) is 0. The molecule has 0 aliphatic rings. The summed E-state index contributed by atoms with van der Waals surface area (Å²) in [5.74, 6) is 5.98. The number of para-hydroxylation sites is 1. The van der Waals surface area contributed by atoms with Gasteiger partial charge in [-0.05, 0) is 19.1 Å². The first kappa shape index (κ1) is 15.4. The third-order valence-corrected chi connectivity index (χ3v) is 2.38. The molecule has 1 N–H and O–H groups in total. The average Bonchev–Trinajstić information content (AvgIpc) is 2.42. The van der Waals surface area contributed by atoms with E-state index in [4.69, 9.17) is 21.1 Å². The van der Waals surface area contributed by atoms with Gasteiger partial charge in [0.2, 0.25) is 5.91 Å². The quantitative estimate of drug-likeness (QED) is 0.810. The van der Waals surface area contributed by atoms with Crippen LogP contribution in [-0.4, -0.2) is 32.3 Å². The molecular formula is C14H16ClNO3. The number of benzene rings is 1. The summed E-state index contributed by atoms with van der Waals surface area (Å²) in [4.78, 5) is 11.1. The largest absolute Gasteiger partial charge is 0.479 e. The van der Waals surface area contributed by atoms with E-state index in [2.05, 4.69) is 17.2 Å². The van der Waals surface area contributed by atoms with E-state index in [-0.39, 0.29) is 25.7 Å². The summed E-state index contributed by atoms with van der Waals surface area (Å²) >= 11 is 5.91. The number of amides is 1. The predicted octanol–water partition coefficient (Wildman–Crippen LogP) is 1.87. The minimum absolute atomic E-state index is 0.0638. The van der Waals surface area contributed by atoms with Crippen molar-refractivity contribution in [1.29, 1.82) is 0 Å². The predicted molar refractivity (Wildman–Crippen MR) is 74.2 cm³/mol. The number of hydrogen-bond donors (Lipinski definition) is 1. The lowest BCUT2D eigenvalue weighted by molar-refractivity contribution is -0.125. The maximum Gasteiger partial charge on any atom is 0.246 e. The molecule has 1 amide bonds. The van der Waals surface area contributed by atoms with Crippen LogP contribution in [0.15, 0.2) is 24.3 Å². The molecule has 102 valence electrons. The van der Waals surface area contributed by atoms with Gasteiger partial charge in [-0.1, -0.05) is 35.6 Å². The smallest absolute Gasteiger partial charge is 0.246 e. The topological polar surface area (TPSA) is 47.6 Å². The van der Waals surface area contributed by atoms with E-state index in [0.717, 1.165) is 0 Å². The van der Waals surface area contributed by atoms with Crippen LogP contribution in [0.5, 0.6) is 5.75 Å². The zero-order valence-electron chi connectivity index (χ0n) is 10.7. The summed E-state index contributed by atoms with van der Waals surface area (Å²) in [6, 6.07) is 7.18. The Bertz CT molecular complexity index is 465. The number of nitrogens with one attached hydrogen (secondary N) is 1. The van der Waals surface area contributed by atoms with Gasteiger partial charge in [0, 0.05) is 6.61 Å². The van der Waals surface area contributed by atoms with Crippen LogP contribution >= 0.6 is 11.6 Å². The Labute approximate surface area is 118 Å². The highest BCUT2D eigenvalue weighted by Crippen LogP contribution is 2.22.